The molecule has 1 rings (SSSR count). The minimum absolute atomic E-state index is 0.612. The Balaban J connectivity index is 2.80. The molecule has 1 aromatic rings. The van der Waals surface area contributed by atoms with Crippen LogP contribution in [0, 0.1) is 12.3 Å². The summed E-state index contributed by atoms with van der Waals surface area (Å²) in [6, 6.07) is 0. The molecule has 0 saturated heterocycles. The summed E-state index contributed by atoms with van der Waals surface area (Å²) in [7, 11) is 0. The second-order valence-corrected chi connectivity index (χ2v) is 1.92. The predicted octanol–water partition coefficient (Wildman–Crippen LogP) is 0.509. The molecule has 0 bridgehead atoms. The molecular weight excluding hydrogens is 124 g/mol. The molecule has 0 aromatic carbocycles. The first-order chi connectivity index (χ1) is 4.86. The van der Waals surface area contributed by atoms with Crippen molar-refractivity contribution in [2.45, 2.75) is 6.54 Å². The van der Waals surface area contributed by atoms with E-state index < -0.39 is 0 Å². The zero-order chi connectivity index (χ0) is 7.40. The third kappa shape index (κ3) is 1.26. The molecule has 2 heteroatoms. The monoisotopic (exact) mass is 133 g/mol. The first-order valence-corrected chi connectivity index (χ1v) is 2.99. The average molecular weight is 133 g/mol. The third-order valence-electron chi connectivity index (χ3n) is 1.20. The first-order valence-electron chi connectivity index (χ1n) is 2.99. The highest BCUT2D eigenvalue weighted by molar-refractivity contribution is 5.13. The largest absolute Gasteiger partial charge is 0.249 e. The van der Waals surface area contributed by atoms with Gasteiger partial charge in [-0.25, -0.2) is 9.13 Å². The number of imidazole rings is 1. The van der Waals surface area contributed by atoms with Crippen molar-refractivity contribution in [2.75, 3.05) is 0 Å². The molecule has 1 heterocycles. The Labute approximate surface area is 60.4 Å². The van der Waals surface area contributed by atoms with Crippen molar-refractivity contribution in [3.8, 4) is 12.3 Å². The molecule has 1 aromatic heterocycles. The van der Waals surface area contributed by atoms with Crippen molar-refractivity contribution in [3.63, 3.8) is 0 Å². The molecule has 0 spiro atoms. The topological polar surface area (TPSA) is 8.81 Å². The molecule has 0 fully saturated rings. The Morgan fingerprint density at radius 3 is 3.10 bits per heavy atom. The summed E-state index contributed by atoms with van der Waals surface area (Å²) in [5.74, 6) is 2.54. The summed E-state index contributed by atoms with van der Waals surface area (Å²) < 4.78 is 3.75. The summed E-state index contributed by atoms with van der Waals surface area (Å²) in [5.41, 5.74) is 0. The van der Waals surface area contributed by atoms with Crippen LogP contribution < -0.4 is 4.57 Å². The molecule has 50 valence electrons. The highest BCUT2D eigenvalue weighted by atomic mass is 15.1. The lowest BCUT2D eigenvalue weighted by atomic mass is 10.6. The number of nitrogens with zero attached hydrogens (tertiary/aromatic N) is 2. The molecule has 0 aliphatic carbocycles. The molecule has 2 nitrogen and oxygen atoms in total. The summed E-state index contributed by atoms with van der Waals surface area (Å²) in [5, 5.41) is 0. The minimum atomic E-state index is 0.612. The molecule has 0 aliphatic heterocycles. The van der Waals surface area contributed by atoms with Gasteiger partial charge in [0.2, 0.25) is 6.33 Å². The van der Waals surface area contributed by atoms with E-state index in [0.717, 1.165) is 0 Å². The number of rotatable bonds is 2. The average Bonchev–Trinajstić information content (AvgIpc) is 2.37. The Morgan fingerprint density at radius 2 is 2.60 bits per heavy atom. The van der Waals surface area contributed by atoms with E-state index in [0.29, 0.717) is 6.54 Å². The van der Waals surface area contributed by atoms with E-state index >= 15 is 0 Å². The zero-order valence-corrected chi connectivity index (χ0v) is 5.70. The van der Waals surface area contributed by atoms with Crippen LogP contribution in [0.1, 0.15) is 0 Å². The van der Waals surface area contributed by atoms with Gasteiger partial charge in [0.1, 0.15) is 12.4 Å². The van der Waals surface area contributed by atoms with Gasteiger partial charge in [0, 0.05) is 0 Å². The van der Waals surface area contributed by atoms with E-state index in [9.17, 15) is 0 Å². The number of hydrogen-bond acceptors (Lipinski definition) is 0. The molecule has 0 unspecified atom stereocenters. The van der Waals surface area contributed by atoms with Gasteiger partial charge in [0.15, 0.2) is 6.54 Å². The lowest BCUT2D eigenvalue weighted by molar-refractivity contribution is -0.683. The van der Waals surface area contributed by atoms with Gasteiger partial charge in [-0.1, -0.05) is 12.5 Å². The van der Waals surface area contributed by atoms with Crippen molar-refractivity contribution in [3.05, 3.63) is 25.3 Å². The van der Waals surface area contributed by atoms with E-state index in [1.807, 2.05) is 27.9 Å². The van der Waals surface area contributed by atoms with Gasteiger partial charge in [0.25, 0.3) is 0 Å². The molecule has 0 amide bonds. The van der Waals surface area contributed by atoms with Crippen molar-refractivity contribution >= 4 is 6.20 Å². The first kappa shape index (κ1) is 6.63. The van der Waals surface area contributed by atoms with Crippen LogP contribution in [0.25, 0.3) is 6.20 Å². The van der Waals surface area contributed by atoms with Crippen molar-refractivity contribution < 1.29 is 4.57 Å². The Bertz CT molecular complexity index is 265. The second kappa shape index (κ2) is 2.88. The van der Waals surface area contributed by atoms with E-state index in [1.165, 1.54) is 0 Å². The van der Waals surface area contributed by atoms with E-state index in [4.69, 9.17) is 6.42 Å². The third-order valence-corrected chi connectivity index (χ3v) is 1.20. The summed E-state index contributed by atoms with van der Waals surface area (Å²) >= 11 is 0. The van der Waals surface area contributed by atoms with Gasteiger partial charge >= 0.3 is 0 Å². The van der Waals surface area contributed by atoms with Gasteiger partial charge in [-0.05, 0) is 0 Å². The van der Waals surface area contributed by atoms with Crippen LogP contribution in [0.3, 0.4) is 0 Å². The van der Waals surface area contributed by atoms with Gasteiger partial charge < -0.3 is 0 Å². The van der Waals surface area contributed by atoms with E-state index in [1.54, 1.807) is 6.20 Å². The van der Waals surface area contributed by atoms with Crippen molar-refractivity contribution in [1.29, 1.82) is 0 Å². The lowest BCUT2D eigenvalue weighted by Crippen LogP contribution is -2.29. The molecule has 0 radical (unpaired) electrons. The Hall–Kier alpha value is -1.49. The minimum Gasteiger partial charge on any atom is -0.225 e. The summed E-state index contributed by atoms with van der Waals surface area (Å²) in [6.45, 7) is 4.21. The molecule has 0 saturated carbocycles. The second-order valence-electron chi connectivity index (χ2n) is 1.92. The van der Waals surface area contributed by atoms with Gasteiger partial charge in [-0.15, -0.1) is 6.42 Å². The number of terminal acetylenes is 1. The summed E-state index contributed by atoms with van der Waals surface area (Å²) in [4.78, 5) is 0. The van der Waals surface area contributed by atoms with Crippen molar-refractivity contribution in [1.82, 2.24) is 4.57 Å². The van der Waals surface area contributed by atoms with Crippen LogP contribution in [0.5, 0.6) is 0 Å². The Morgan fingerprint density at radius 1 is 1.80 bits per heavy atom. The normalized spacial score (nSPS) is 8.70. The maximum atomic E-state index is 5.11. The standard InChI is InChI=1S/C8H9N2/c1-3-5-10-7-6-9(4-2)8-10/h1,4,6-8H,2,5H2/q+1. The SMILES string of the molecule is C#CC[n+]1ccn(C=C)c1. The highest BCUT2D eigenvalue weighted by Crippen LogP contribution is 1.81. The van der Waals surface area contributed by atoms with Crippen LogP contribution >= 0.6 is 0 Å². The molecule has 10 heavy (non-hydrogen) atoms. The van der Waals surface area contributed by atoms with E-state index in [2.05, 4.69) is 12.5 Å². The van der Waals surface area contributed by atoms with Crippen LogP contribution in [0.15, 0.2) is 25.3 Å². The van der Waals surface area contributed by atoms with Crippen molar-refractivity contribution in [2.24, 2.45) is 0 Å². The van der Waals surface area contributed by atoms with Crippen LogP contribution in [-0.2, 0) is 6.54 Å². The fraction of sp³-hybridized carbons (Fsp3) is 0.125. The predicted molar refractivity (Wildman–Crippen MR) is 39.8 cm³/mol. The molecule has 0 atom stereocenters. The van der Waals surface area contributed by atoms with Gasteiger partial charge in [-0.2, -0.15) is 0 Å². The van der Waals surface area contributed by atoms with Crippen LogP contribution in [0.2, 0.25) is 0 Å². The zero-order valence-electron chi connectivity index (χ0n) is 5.70. The number of hydrogen-bond donors (Lipinski definition) is 0. The molecule has 0 aliphatic rings. The molecule has 0 N–H and O–H groups in total. The Kier molecular flexibility index (Phi) is 1.91. The maximum Gasteiger partial charge on any atom is 0.249 e. The fourth-order valence-electron chi connectivity index (χ4n) is 0.718. The summed E-state index contributed by atoms with van der Waals surface area (Å²) in [6.07, 6.45) is 12.5. The lowest BCUT2D eigenvalue weighted by Gasteiger charge is -1.81. The van der Waals surface area contributed by atoms with Gasteiger partial charge in [-0.3, -0.25) is 0 Å². The highest BCUT2D eigenvalue weighted by Gasteiger charge is 1.95. The van der Waals surface area contributed by atoms with Crippen LogP contribution in [0.4, 0.5) is 0 Å². The fourth-order valence-corrected chi connectivity index (χ4v) is 0.718. The molecular formula is C8H9N2+. The quantitative estimate of drug-likeness (QED) is 0.410. The van der Waals surface area contributed by atoms with Crippen LogP contribution in [-0.4, -0.2) is 4.57 Å². The number of aromatic nitrogens is 2. The van der Waals surface area contributed by atoms with Gasteiger partial charge in [0.05, 0.1) is 6.20 Å². The van der Waals surface area contributed by atoms with E-state index in [-0.39, 0.29) is 0 Å². The smallest absolute Gasteiger partial charge is 0.225 e. The maximum absolute atomic E-state index is 5.11.